The van der Waals surface area contributed by atoms with Gasteiger partial charge in [0.15, 0.2) is 0 Å². The van der Waals surface area contributed by atoms with E-state index in [-0.39, 0.29) is 35.9 Å². The van der Waals surface area contributed by atoms with Gasteiger partial charge in [-0.25, -0.2) is 9.67 Å². The molecule has 5 rings (SSSR count). The van der Waals surface area contributed by atoms with Crippen LogP contribution in [0.3, 0.4) is 0 Å². The first-order valence-electron chi connectivity index (χ1n) is 10.9. The number of aromatic nitrogens is 3. The zero-order valence-corrected chi connectivity index (χ0v) is 16.3. The van der Waals surface area contributed by atoms with Crippen LogP contribution < -0.4 is 10.6 Å². The highest BCUT2D eigenvalue weighted by Crippen LogP contribution is 2.40. The van der Waals surface area contributed by atoms with Crippen molar-refractivity contribution in [2.24, 2.45) is 11.8 Å². The van der Waals surface area contributed by atoms with Gasteiger partial charge in [-0.15, -0.1) is 0 Å². The van der Waals surface area contributed by atoms with E-state index in [0.717, 1.165) is 58.0 Å². The second kappa shape index (κ2) is 7.46. The molecule has 1 aromatic heterocycles. The molecule has 28 heavy (non-hydrogen) atoms. The minimum absolute atomic E-state index is 0.0663. The van der Waals surface area contributed by atoms with Gasteiger partial charge in [0.25, 0.3) is 0 Å². The molecule has 8 nitrogen and oxygen atoms in total. The molecule has 4 heterocycles. The van der Waals surface area contributed by atoms with E-state index in [9.17, 15) is 9.59 Å². The fourth-order valence-electron chi connectivity index (χ4n) is 6.03. The van der Waals surface area contributed by atoms with Crippen LogP contribution in [-0.2, 0) is 9.59 Å². The van der Waals surface area contributed by atoms with Crippen molar-refractivity contribution in [1.29, 1.82) is 0 Å². The minimum Gasteiger partial charge on any atom is -0.352 e. The smallest absolute Gasteiger partial charge is 0.243 e. The molecule has 1 aromatic rings. The lowest BCUT2D eigenvalue weighted by molar-refractivity contribution is -0.157. The van der Waals surface area contributed by atoms with E-state index in [0.29, 0.717) is 18.4 Å². The molecular formula is C20H30N6O2. The number of hydrogen-bond acceptors (Lipinski definition) is 5. The molecule has 4 fully saturated rings. The van der Waals surface area contributed by atoms with E-state index in [1.807, 2.05) is 9.58 Å². The molecule has 1 saturated carbocycles. The Balaban J connectivity index is 1.26. The predicted octanol–water partition coefficient (Wildman–Crippen LogP) is 0.867. The third kappa shape index (κ3) is 3.21. The molecule has 2 N–H and O–H groups in total. The topological polar surface area (TPSA) is 92.1 Å². The molecule has 2 amide bonds. The molecule has 2 bridgehead atoms. The minimum atomic E-state index is -0.296. The SMILES string of the molecule is O=C(NC1CCC(n2cncn2)CC1)[C@H]1[C@@H]2CNC[C@@H](C2)[C@@H]2CCCC(=O)N21. The zero-order chi connectivity index (χ0) is 19.1. The Labute approximate surface area is 165 Å². The van der Waals surface area contributed by atoms with Gasteiger partial charge in [-0.2, -0.15) is 5.10 Å². The van der Waals surface area contributed by atoms with Gasteiger partial charge >= 0.3 is 0 Å². The molecule has 3 saturated heterocycles. The van der Waals surface area contributed by atoms with Crippen molar-refractivity contribution < 1.29 is 9.59 Å². The Morgan fingerprint density at radius 3 is 2.75 bits per heavy atom. The molecule has 152 valence electrons. The van der Waals surface area contributed by atoms with Crippen LogP contribution in [0.4, 0.5) is 0 Å². The molecule has 0 spiro atoms. The molecule has 0 unspecified atom stereocenters. The van der Waals surface area contributed by atoms with Gasteiger partial charge in [0.1, 0.15) is 18.7 Å². The normalized spacial score (nSPS) is 38.0. The summed E-state index contributed by atoms with van der Waals surface area (Å²) in [5, 5.41) is 11.1. The van der Waals surface area contributed by atoms with Crippen LogP contribution in [0.15, 0.2) is 12.7 Å². The van der Waals surface area contributed by atoms with Gasteiger partial charge in [-0.3, -0.25) is 9.59 Å². The number of fused-ring (bicyclic) bond motifs is 4. The van der Waals surface area contributed by atoms with Gasteiger partial charge < -0.3 is 15.5 Å². The zero-order valence-electron chi connectivity index (χ0n) is 16.3. The fourth-order valence-corrected chi connectivity index (χ4v) is 6.03. The summed E-state index contributed by atoms with van der Waals surface area (Å²) in [4.78, 5) is 32.1. The standard InChI is InChI=1S/C20H30N6O2/c27-18-3-1-2-17-13-8-14(10-21-9-13)19(26(17)18)20(28)24-15-4-6-16(7-5-15)25-12-22-11-23-25/h11-17,19,21H,1-10H2,(H,24,28)/t13-,14+,15?,16?,17+,19-/m1/s1. The van der Waals surface area contributed by atoms with E-state index >= 15 is 0 Å². The second-order valence-electron chi connectivity index (χ2n) is 9.01. The summed E-state index contributed by atoms with van der Waals surface area (Å²) in [6.45, 7) is 1.82. The summed E-state index contributed by atoms with van der Waals surface area (Å²) in [6, 6.07) is 0.514. The van der Waals surface area contributed by atoms with Crippen molar-refractivity contribution in [2.45, 2.75) is 75.5 Å². The molecule has 0 radical (unpaired) electrons. The lowest BCUT2D eigenvalue weighted by Gasteiger charge is -2.54. The van der Waals surface area contributed by atoms with Crippen LogP contribution in [-0.4, -0.2) is 62.7 Å². The van der Waals surface area contributed by atoms with Crippen molar-refractivity contribution >= 4 is 11.8 Å². The molecule has 0 aromatic carbocycles. The Hall–Kier alpha value is -1.96. The highest BCUT2D eigenvalue weighted by Gasteiger charge is 2.50. The second-order valence-corrected chi connectivity index (χ2v) is 9.01. The Morgan fingerprint density at radius 2 is 1.96 bits per heavy atom. The predicted molar refractivity (Wildman–Crippen MR) is 102 cm³/mol. The maximum Gasteiger partial charge on any atom is 0.243 e. The highest BCUT2D eigenvalue weighted by molar-refractivity contribution is 5.89. The fraction of sp³-hybridized carbons (Fsp3) is 0.800. The first kappa shape index (κ1) is 18.1. The maximum atomic E-state index is 13.3. The van der Waals surface area contributed by atoms with E-state index in [1.54, 1.807) is 12.7 Å². The number of amides is 2. The monoisotopic (exact) mass is 386 g/mol. The first-order chi connectivity index (χ1) is 13.7. The molecule has 1 aliphatic carbocycles. The van der Waals surface area contributed by atoms with E-state index in [1.165, 1.54) is 0 Å². The number of nitrogens with zero attached hydrogens (tertiary/aromatic N) is 4. The summed E-state index contributed by atoms with van der Waals surface area (Å²) in [5.41, 5.74) is 0. The van der Waals surface area contributed by atoms with Crippen LogP contribution in [0, 0.1) is 11.8 Å². The van der Waals surface area contributed by atoms with E-state index in [2.05, 4.69) is 20.7 Å². The van der Waals surface area contributed by atoms with Gasteiger partial charge in [0.05, 0.1) is 6.04 Å². The highest BCUT2D eigenvalue weighted by atomic mass is 16.2. The van der Waals surface area contributed by atoms with Gasteiger partial charge in [0.2, 0.25) is 11.8 Å². The lowest BCUT2D eigenvalue weighted by atomic mass is 9.72. The largest absolute Gasteiger partial charge is 0.352 e. The van der Waals surface area contributed by atoms with Gasteiger partial charge in [-0.05, 0) is 57.4 Å². The Kier molecular flexibility index (Phi) is 4.82. The van der Waals surface area contributed by atoms with Crippen molar-refractivity contribution in [3.63, 3.8) is 0 Å². The van der Waals surface area contributed by atoms with Crippen molar-refractivity contribution in [3.05, 3.63) is 12.7 Å². The molecular weight excluding hydrogens is 356 g/mol. The lowest BCUT2D eigenvalue weighted by Crippen LogP contribution is -2.68. The quantitative estimate of drug-likeness (QED) is 0.804. The maximum absolute atomic E-state index is 13.3. The third-order valence-corrected chi connectivity index (χ3v) is 7.37. The average molecular weight is 387 g/mol. The number of piperidine rings is 3. The summed E-state index contributed by atoms with van der Waals surface area (Å²) in [7, 11) is 0. The summed E-state index contributed by atoms with van der Waals surface area (Å²) in [6.07, 6.45) is 10.9. The number of carbonyl (C=O) groups is 2. The first-order valence-corrected chi connectivity index (χ1v) is 10.9. The number of nitrogens with one attached hydrogen (secondary N) is 2. The Bertz CT molecular complexity index is 714. The van der Waals surface area contributed by atoms with E-state index < -0.39 is 0 Å². The molecule has 3 aliphatic heterocycles. The average Bonchev–Trinajstić information content (AvgIpc) is 3.24. The summed E-state index contributed by atoms with van der Waals surface area (Å²) >= 11 is 0. The van der Waals surface area contributed by atoms with Crippen LogP contribution >= 0.6 is 0 Å². The van der Waals surface area contributed by atoms with Crippen molar-refractivity contribution in [3.8, 4) is 0 Å². The van der Waals surface area contributed by atoms with Crippen molar-refractivity contribution in [2.75, 3.05) is 13.1 Å². The number of rotatable bonds is 3. The number of hydrogen-bond donors (Lipinski definition) is 2. The molecule has 4 atom stereocenters. The van der Waals surface area contributed by atoms with Crippen LogP contribution in [0.2, 0.25) is 0 Å². The van der Waals surface area contributed by atoms with Crippen LogP contribution in [0.1, 0.15) is 57.4 Å². The molecule has 8 heteroatoms. The van der Waals surface area contributed by atoms with Gasteiger partial charge in [0, 0.05) is 31.0 Å². The van der Waals surface area contributed by atoms with Crippen LogP contribution in [0.5, 0.6) is 0 Å². The summed E-state index contributed by atoms with van der Waals surface area (Å²) in [5.74, 6) is 0.994. The summed E-state index contributed by atoms with van der Waals surface area (Å²) < 4.78 is 1.93. The Morgan fingerprint density at radius 1 is 1.14 bits per heavy atom. The third-order valence-electron chi connectivity index (χ3n) is 7.37. The molecule has 4 aliphatic rings. The van der Waals surface area contributed by atoms with Crippen molar-refractivity contribution in [1.82, 2.24) is 30.3 Å². The van der Waals surface area contributed by atoms with E-state index in [4.69, 9.17) is 0 Å². The van der Waals surface area contributed by atoms with Gasteiger partial charge in [-0.1, -0.05) is 0 Å². The van der Waals surface area contributed by atoms with Crippen LogP contribution in [0.25, 0.3) is 0 Å². The number of carbonyl (C=O) groups excluding carboxylic acids is 2.